The maximum absolute atomic E-state index is 5.28. The molecule has 40 heavy (non-hydrogen) atoms. The van der Waals surface area contributed by atoms with Crippen LogP contribution in [0.3, 0.4) is 0 Å². The highest BCUT2D eigenvalue weighted by atomic mass is 15.1. The maximum Gasteiger partial charge on any atom is 0.145 e. The van der Waals surface area contributed by atoms with E-state index in [4.69, 9.17) is 4.98 Å². The minimum atomic E-state index is 0.245. The van der Waals surface area contributed by atoms with Gasteiger partial charge in [0.05, 0.1) is 16.7 Å². The summed E-state index contributed by atoms with van der Waals surface area (Å²) < 4.78 is 2.43. The SMILES string of the molecule is CC(C)c1cccc(C(C)C)c1-n1c(-c2ccc3c(c2)-c2ccccc2C3c2ccccc2)nc2ccccc21. The quantitative estimate of drug-likeness (QED) is 0.222. The van der Waals surface area contributed by atoms with E-state index in [1.54, 1.807) is 0 Å². The van der Waals surface area contributed by atoms with Crippen LogP contribution < -0.4 is 0 Å². The number of rotatable bonds is 5. The summed E-state index contributed by atoms with van der Waals surface area (Å²) >= 11 is 0. The summed E-state index contributed by atoms with van der Waals surface area (Å²) in [7, 11) is 0. The smallest absolute Gasteiger partial charge is 0.145 e. The van der Waals surface area contributed by atoms with Crippen LogP contribution in [0.1, 0.15) is 73.3 Å². The van der Waals surface area contributed by atoms with E-state index >= 15 is 0 Å². The molecule has 0 N–H and O–H groups in total. The molecule has 0 fully saturated rings. The fourth-order valence-electron chi connectivity index (χ4n) is 6.56. The van der Waals surface area contributed by atoms with E-state index in [1.165, 1.54) is 44.6 Å². The summed E-state index contributed by atoms with van der Waals surface area (Å²) in [6.45, 7) is 9.16. The molecule has 1 unspecified atom stereocenters. The molecule has 1 aromatic heterocycles. The lowest BCUT2D eigenvalue weighted by atomic mass is 9.89. The molecule has 1 atom stereocenters. The van der Waals surface area contributed by atoms with E-state index in [0.717, 1.165) is 22.4 Å². The van der Waals surface area contributed by atoms with Crippen LogP contribution in [0.2, 0.25) is 0 Å². The third kappa shape index (κ3) is 3.82. The minimum absolute atomic E-state index is 0.245. The molecule has 0 radical (unpaired) electrons. The minimum Gasteiger partial charge on any atom is -0.292 e. The zero-order valence-corrected chi connectivity index (χ0v) is 23.6. The number of fused-ring (bicyclic) bond motifs is 4. The second-order valence-electron chi connectivity index (χ2n) is 11.6. The number of nitrogens with zero attached hydrogens (tertiary/aromatic N) is 2. The van der Waals surface area contributed by atoms with Crippen LogP contribution in [-0.4, -0.2) is 9.55 Å². The topological polar surface area (TPSA) is 17.8 Å². The number of para-hydroxylation sites is 3. The molecule has 0 aliphatic heterocycles. The van der Waals surface area contributed by atoms with Crippen molar-refractivity contribution in [2.45, 2.75) is 45.4 Å². The highest BCUT2D eigenvalue weighted by Crippen LogP contribution is 2.49. The molecule has 1 aliphatic carbocycles. The van der Waals surface area contributed by atoms with Gasteiger partial charge in [-0.15, -0.1) is 0 Å². The number of benzene rings is 5. The average Bonchev–Trinajstić information content (AvgIpc) is 3.53. The molecular formula is C38H34N2. The van der Waals surface area contributed by atoms with Crippen LogP contribution in [0, 0.1) is 0 Å². The average molecular weight is 519 g/mol. The molecule has 6 aromatic rings. The van der Waals surface area contributed by atoms with Gasteiger partial charge < -0.3 is 0 Å². The van der Waals surface area contributed by atoms with Gasteiger partial charge in [-0.1, -0.05) is 125 Å². The summed E-state index contributed by atoms with van der Waals surface area (Å²) in [6, 6.07) is 42.1. The van der Waals surface area contributed by atoms with Crippen molar-refractivity contribution in [1.29, 1.82) is 0 Å². The fourth-order valence-corrected chi connectivity index (χ4v) is 6.56. The van der Waals surface area contributed by atoms with Crippen molar-refractivity contribution in [3.05, 3.63) is 143 Å². The molecule has 1 heterocycles. The molecule has 0 saturated carbocycles. The zero-order chi connectivity index (χ0) is 27.4. The van der Waals surface area contributed by atoms with E-state index in [0.29, 0.717) is 11.8 Å². The van der Waals surface area contributed by atoms with Crippen LogP contribution in [0.4, 0.5) is 0 Å². The van der Waals surface area contributed by atoms with Gasteiger partial charge in [0.15, 0.2) is 0 Å². The Morgan fingerprint density at radius 3 is 2.00 bits per heavy atom. The summed E-state index contributed by atoms with van der Waals surface area (Å²) in [5.74, 6) is 2.02. The Bertz CT molecular complexity index is 1830. The molecule has 0 amide bonds. The Labute approximate surface area is 237 Å². The lowest BCUT2D eigenvalue weighted by molar-refractivity contribution is 0.811. The molecule has 2 heteroatoms. The lowest BCUT2D eigenvalue weighted by Crippen LogP contribution is -2.08. The van der Waals surface area contributed by atoms with Gasteiger partial charge in [-0.05, 0) is 69.0 Å². The van der Waals surface area contributed by atoms with E-state index in [1.807, 2.05) is 0 Å². The van der Waals surface area contributed by atoms with Crippen LogP contribution in [0.5, 0.6) is 0 Å². The van der Waals surface area contributed by atoms with E-state index in [9.17, 15) is 0 Å². The van der Waals surface area contributed by atoms with Crippen molar-refractivity contribution in [1.82, 2.24) is 9.55 Å². The Kier molecular flexibility index (Phi) is 5.93. The van der Waals surface area contributed by atoms with Crippen molar-refractivity contribution in [3.63, 3.8) is 0 Å². The highest BCUT2D eigenvalue weighted by molar-refractivity contribution is 5.88. The molecule has 0 saturated heterocycles. The van der Waals surface area contributed by atoms with E-state index in [2.05, 4.69) is 148 Å². The van der Waals surface area contributed by atoms with Crippen LogP contribution in [0.25, 0.3) is 39.2 Å². The summed E-state index contributed by atoms with van der Waals surface area (Å²) in [5, 5.41) is 0. The third-order valence-corrected chi connectivity index (χ3v) is 8.44. The van der Waals surface area contributed by atoms with Gasteiger partial charge in [-0.2, -0.15) is 0 Å². The van der Waals surface area contributed by atoms with Gasteiger partial charge in [0.25, 0.3) is 0 Å². The zero-order valence-electron chi connectivity index (χ0n) is 23.6. The summed E-state index contributed by atoms with van der Waals surface area (Å²) in [5.41, 5.74) is 14.0. The molecule has 0 spiro atoms. The van der Waals surface area contributed by atoms with Gasteiger partial charge >= 0.3 is 0 Å². The third-order valence-electron chi connectivity index (χ3n) is 8.44. The predicted octanol–water partition coefficient (Wildman–Crippen LogP) is 10.1. The van der Waals surface area contributed by atoms with Crippen LogP contribution in [-0.2, 0) is 0 Å². The predicted molar refractivity (Wildman–Crippen MR) is 168 cm³/mol. The molecule has 1 aliphatic rings. The Balaban J connectivity index is 1.50. The Hall–Kier alpha value is -4.43. The first-order valence-electron chi connectivity index (χ1n) is 14.4. The monoisotopic (exact) mass is 518 g/mol. The number of hydrogen-bond donors (Lipinski definition) is 0. The highest BCUT2D eigenvalue weighted by Gasteiger charge is 2.30. The van der Waals surface area contributed by atoms with Crippen molar-refractivity contribution in [2.75, 3.05) is 0 Å². The standard InChI is InChI=1S/C38H34N2/c1-24(2)28-17-12-18-29(25(3)4)37(28)40-35-20-11-10-19-34(35)39-38(40)27-21-22-32-33(23-27)30-15-8-9-16-31(30)36(32)26-13-6-5-7-14-26/h5-25,36H,1-4H3. The van der Waals surface area contributed by atoms with Crippen molar-refractivity contribution in [3.8, 4) is 28.2 Å². The normalized spacial score (nSPS) is 14.2. The largest absolute Gasteiger partial charge is 0.292 e. The molecule has 5 aromatic carbocycles. The van der Waals surface area contributed by atoms with E-state index in [-0.39, 0.29) is 5.92 Å². The van der Waals surface area contributed by atoms with Crippen molar-refractivity contribution >= 4 is 11.0 Å². The Morgan fingerprint density at radius 1 is 0.600 bits per heavy atom. The van der Waals surface area contributed by atoms with Gasteiger partial charge in [-0.3, -0.25) is 4.57 Å². The molecule has 196 valence electrons. The van der Waals surface area contributed by atoms with Gasteiger partial charge in [0.1, 0.15) is 5.82 Å². The molecule has 2 nitrogen and oxygen atoms in total. The summed E-state index contributed by atoms with van der Waals surface area (Å²) in [4.78, 5) is 5.28. The number of hydrogen-bond acceptors (Lipinski definition) is 1. The summed E-state index contributed by atoms with van der Waals surface area (Å²) in [6.07, 6.45) is 0. The number of imidazole rings is 1. The number of aromatic nitrogens is 2. The second kappa shape index (κ2) is 9.64. The van der Waals surface area contributed by atoms with Crippen molar-refractivity contribution in [2.24, 2.45) is 0 Å². The second-order valence-corrected chi connectivity index (χ2v) is 11.6. The van der Waals surface area contributed by atoms with Gasteiger partial charge in [0, 0.05) is 11.5 Å². The van der Waals surface area contributed by atoms with Crippen LogP contribution in [0.15, 0.2) is 115 Å². The molecule has 0 bridgehead atoms. The first kappa shape index (κ1) is 24.6. The van der Waals surface area contributed by atoms with Gasteiger partial charge in [-0.25, -0.2) is 4.98 Å². The van der Waals surface area contributed by atoms with E-state index < -0.39 is 0 Å². The van der Waals surface area contributed by atoms with Crippen molar-refractivity contribution < 1.29 is 0 Å². The van der Waals surface area contributed by atoms with Crippen LogP contribution >= 0.6 is 0 Å². The fraction of sp³-hybridized carbons (Fsp3) is 0.184. The first-order chi connectivity index (χ1) is 19.5. The van der Waals surface area contributed by atoms with Gasteiger partial charge in [0.2, 0.25) is 0 Å². The first-order valence-corrected chi connectivity index (χ1v) is 14.4. The maximum atomic E-state index is 5.28. The Morgan fingerprint density at radius 2 is 1.25 bits per heavy atom. The molecular weight excluding hydrogens is 484 g/mol. The lowest BCUT2D eigenvalue weighted by Gasteiger charge is -2.22. The molecule has 7 rings (SSSR count).